The number of carbonyl (C=O) groups excluding carboxylic acids is 1. The molecule has 5 rings (SSSR count). The molecule has 218 valence electrons. The predicted octanol–water partition coefficient (Wildman–Crippen LogP) is 5.45. The molecule has 42 heavy (non-hydrogen) atoms. The molecule has 4 aromatic rings. The van der Waals surface area contributed by atoms with Gasteiger partial charge in [0.2, 0.25) is 10.0 Å². The first-order valence-electron chi connectivity index (χ1n) is 14.3. The van der Waals surface area contributed by atoms with Gasteiger partial charge in [-0.15, -0.1) is 0 Å². The van der Waals surface area contributed by atoms with Crippen LogP contribution in [0.15, 0.2) is 114 Å². The van der Waals surface area contributed by atoms with Crippen LogP contribution in [0.25, 0.3) is 0 Å². The lowest BCUT2D eigenvalue weighted by atomic mass is 9.96. The summed E-state index contributed by atoms with van der Waals surface area (Å²) in [5.41, 5.74) is 3.63. The Morgan fingerprint density at radius 3 is 1.90 bits per heavy atom. The van der Waals surface area contributed by atoms with Gasteiger partial charge in [-0.1, -0.05) is 78.9 Å². The van der Waals surface area contributed by atoms with Crippen LogP contribution in [0.5, 0.6) is 5.75 Å². The number of ether oxygens (including phenoxy) is 1. The monoisotopic (exact) mass is 583 g/mol. The average molecular weight is 584 g/mol. The fourth-order valence-electron chi connectivity index (χ4n) is 5.48. The first-order chi connectivity index (χ1) is 20.4. The molecule has 0 bridgehead atoms. The van der Waals surface area contributed by atoms with E-state index in [0.717, 1.165) is 13.1 Å². The Hall–Kier alpha value is -3.98. The van der Waals surface area contributed by atoms with Crippen LogP contribution in [0.1, 0.15) is 40.0 Å². The Morgan fingerprint density at radius 2 is 1.36 bits per heavy atom. The summed E-state index contributed by atoms with van der Waals surface area (Å²) >= 11 is 0. The number of hydrogen-bond donors (Lipinski definition) is 0. The molecule has 4 aromatic carbocycles. The summed E-state index contributed by atoms with van der Waals surface area (Å²) in [5.74, 6) is 0.506. The van der Waals surface area contributed by atoms with E-state index in [1.165, 1.54) is 15.4 Å². The molecular formula is C34H37N3O4S. The molecular weight excluding hydrogens is 546 g/mol. The molecule has 7 nitrogen and oxygen atoms in total. The lowest BCUT2D eigenvalue weighted by molar-refractivity contribution is 0.0597. The number of benzene rings is 4. The van der Waals surface area contributed by atoms with E-state index in [1.54, 1.807) is 55.6 Å². The van der Waals surface area contributed by atoms with Crippen molar-refractivity contribution >= 4 is 15.9 Å². The number of hydrogen-bond acceptors (Lipinski definition) is 5. The summed E-state index contributed by atoms with van der Waals surface area (Å²) in [4.78, 5) is 18.2. The molecule has 0 saturated carbocycles. The van der Waals surface area contributed by atoms with Gasteiger partial charge in [0.15, 0.2) is 0 Å². The topological polar surface area (TPSA) is 70.2 Å². The maximum Gasteiger partial charge on any atom is 0.253 e. The van der Waals surface area contributed by atoms with Crippen molar-refractivity contribution in [2.45, 2.75) is 24.4 Å². The van der Waals surface area contributed by atoms with Gasteiger partial charge in [0, 0.05) is 50.9 Å². The van der Waals surface area contributed by atoms with E-state index in [1.807, 2.05) is 24.0 Å². The normalized spacial score (nSPS) is 14.3. The van der Waals surface area contributed by atoms with E-state index in [-0.39, 0.29) is 23.4 Å². The van der Waals surface area contributed by atoms with E-state index in [0.29, 0.717) is 36.6 Å². The molecule has 0 aliphatic carbocycles. The number of carbonyl (C=O) groups is 1. The van der Waals surface area contributed by atoms with Crippen LogP contribution in [0.4, 0.5) is 0 Å². The molecule has 1 saturated heterocycles. The number of sulfonamides is 1. The summed E-state index contributed by atoms with van der Waals surface area (Å²) in [6.07, 6.45) is 0. The molecule has 1 aliphatic rings. The van der Waals surface area contributed by atoms with Crippen molar-refractivity contribution in [3.05, 3.63) is 131 Å². The van der Waals surface area contributed by atoms with E-state index in [4.69, 9.17) is 4.74 Å². The fourth-order valence-corrected chi connectivity index (χ4v) is 6.65. The summed E-state index contributed by atoms with van der Waals surface area (Å²) in [6, 6.07) is 34.7. The highest BCUT2D eigenvalue weighted by molar-refractivity contribution is 7.89. The van der Waals surface area contributed by atoms with Crippen LogP contribution in [0.2, 0.25) is 0 Å². The summed E-state index contributed by atoms with van der Waals surface area (Å²) in [6.45, 7) is 5.06. The number of nitrogens with zero attached hydrogens (tertiary/aromatic N) is 3. The van der Waals surface area contributed by atoms with Gasteiger partial charge in [-0.05, 0) is 48.4 Å². The van der Waals surface area contributed by atoms with Gasteiger partial charge in [0.05, 0.1) is 17.5 Å². The van der Waals surface area contributed by atoms with E-state index >= 15 is 0 Å². The van der Waals surface area contributed by atoms with Crippen molar-refractivity contribution in [1.29, 1.82) is 0 Å². The predicted molar refractivity (Wildman–Crippen MR) is 165 cm³/mol. The minimum atomic E-state index is -3.71. The van der Waals surface area contributed by atoms with Crippen molar-refractivity contribution in [3.63, 3.8) is 0 Å². The van der Waals surface area contributed by atoms with Crippen LogP contribution in [0.3, 0.4) is 0 Å². The van der Waals surface area contributed by atoms with Gasteiger partial charge in [0.25, 0.3) is 5.91 Å². The van der Waals surface area contributed by atoms with Gasteiger partial charge in [-0.2, -0.15) is 4.31 Å². The highest BCUT2D eigenvalue weighted by Gasteiger charge is 2.29. The SMILES string of the molecule is CCOc1ccc(C(=O)N2CCN(C(c3ccccc3)c3ccccc3)CC2)cc1CN(C)S(=O)(=O)c1ccccc1. The third kappa shape index (κ3) is 6.57. The maximum absolute atomic E-state index is 13.7. The van der Waals surface area contributed by atoms with Gasteiger partial charge in [-0.25, -0.2) is 8.42 Å². The molecule has 0 N–H and O–H groups in total. The molecule has 0 aromatic heterocycles. The van der Waals surface area contributed by atoms with Crippen LogP contribution in [0, 0.1) is 0 Å². The van der Waals surface area contributed by atoms with Crippen molar-refractivity contribution in [3.8, 4) is 5.75 Å². The van der Waals surface area contributed by atoms with Gasteiger partial charge >= 0.3 is 0 Å². The standard InChI is InChI=1S/C34H37N3O4S/c1-3-41-32-20-19-29(25-30(32)26-35(2)42(39,40)31-17-11-6-12-18-31)34(38)37-23-21-36(22-24-37)33(27-13-7-4-8-14-27)28-15-9-5-10-16-28/h4-20,25,33H,3,21-24,26H2,1-2H3. The molecule has 0 spiro atoms. The summed E-state index contributed by atoms with van der Waals surface area (Å²) in [5, 5.41) is 0. The second kappa shape index (κ2) is 13.3. The number of rotatable bonds is 10. The average Bonchev–Trinajstić information content (AvgIpc) is 3.03. The van der Waals surface area contributed by atoms with E-state index < -0.39 is 10.0 Å². The smallest absolute Gasteiger partial charge is 0.253 e. The van der Waals surface area contributed by atoms with Gasteiger partial charge in [0.1, 0.15) is 5.75 Å². The Morgan fingerprint density at radius 1 is 0.810 bits per heavy atom. The number of piperazine rings is 1. The van der Waals surface area contributed by atoms with Crippen LogP contribution >= 0.6 is 0 Å². The molecule has 1 fully saturated rings. The zero-order valence-corrected chi connectivity index (χ0v) is 24.9. The Balaban J connectivity index is 1.32. The number of amides is 1. The summed E-state index contributed by atoms with van der Waals surface area (Å²) < 4.78 is 33.4. The minimum absolute atomic E-state index is 0.0662. The highest BCUT2D eigenvalue weighted by Crippen LogP contribution is 2.30. The van der Waals surface area contributed by atoms with Gasteiger partial charge < -0.3 is 9.64 Å². The van der Waals surface area contributed by atoms with Crippen molar-refractivity contribution < 1.29 is 17.9 Å². The molecule has 1 amide bonds. The first kappa shape index (κ1) is 29.5. The van der Waals surface area contributed by atoms with E-state index in [9.17, 15) is 13.2 Å². The van der Waals surface area contributed by atoms with Gasteiger partial charge in [-0.3, -0.25) is 9.69 Å². The Bertz CT molecular complexity index is 1530. The molecule has 8 heteroatoms. The van der Waals surface area contributed by atoms with E-state index in [2.05, 4.69) is 53.4 Å². The highest BCUT2D eigenvalue weighted by atomic mass is 32.2. The largest absolute Gasteiger partial charge is 0.494 e. The Kier molecular flexibility index (Phi) is 9.37. The minimum Gasteiger partial charge on any atom is -0.494 e. The third-order valence-corrected chi connectivity index (χ3v) is 9.47. The first-order valence-corrected chi connectivity index (χ1v) is 15.7. The van der Waals surface area contributed by atoms with Crippen molar-refractivity contribution in [2.75, 3.05) is 39.8 Å². The van der Waals surface area contributed by atoms with Crippen molar-refractivity contribution in [2.24, 2.45) is 0 Å². The second-order valence-corrected chi connectivity index (χ2v) is 12.4. The molecule has 0 unspecified atom stereocenters. The molecule has 1 heterocycles. The molecule has 0 radical (unpaired) electrons. The summed E-state index contributed by atoms with van der Waals surface area (Å²) in [7, 11) is -2.16. The van der Waals surface area contributed by atoms with Crippen molar-refractivity contribution in [1.82, 2.24) is 14.1 Å². The molecule has 1 aliphatic heterocycles. The fraction of sp³-hybridized carbons (Fsp3) is 0.265. The zero-order valence-electron chi connectivity index (χ0n) is 24.1. The lowest BCUT2D eigenvalue weighted by Crippen LogP contribution is -2.49. The maximum atomic E-state index is 13.7. The zero-order chi connectivity index (χ0) is 29.5. The van der Waals surface area contributed by atoms with Crippen LogP contribution in [-0.2, 0) is 16.6 Å². The third-order valence-electron chi connectivity index (χ3n) is 7.65. The quantitative estimate of drug-likeness (QED) is 0.248. The second-order valence-electron chi connectivity index (χ2n) is 10.4. The molecule has 0 atom stereocenters. The van der Waals surface area contributed by atoms with Crippen LogP contribution < -0.4 is 4.74 Å². The lowest BCUT2D eigenvalue weighted by Gasteiger charge is -2.40. The van der Waals surface area contributed by atoms with Crippen LogP contribution in [-0.4, -0.2) is 68.3 Å². The Labute approximate surface area is 249 Å².